The highest BCUT2D eigenvalue weighted by atomic mass is 16.6. The van der Waals surface area contributed by atoms with Crippen molar-refractivity contribution in [2.45, 2.75) is 51.1 Å². The Morgan fingerprint density at radius 3 is 2.62 bits per heavy atom. The molecule has 2 fully saturated rings. The number of amides is 1. The molecule has 7 heteroatoms. The molecule has 2 aliphatic rings. The van der Waals surface area contributed by atoms with Gasteiger partial charge in [-0.1, -0.05) is 12.8 Å². The molecular formula is C17H21N3O4. The van der Waals surface area contributed by atoms with E-state index >= 15 is 0 Å². The van der Waals surface area contributed by atoms with Crippen LogP contribution in [0.3, 0.4) is 0 Å². The van der Waals surface area contributed by atoms with Crippen molar-refractivity contribution in [2.24, 2.45) is 11.7 Å². The number of nitro benzene ring substituents is 1. The number of primary amides is 1. The second-order valence-corrected chi connectivity index (χ2v) is 6.69. The molecule has 1 aliphatic carbocycles. The van der Waals surface area contributed by atoms with Gasteiger partial charge in [0, 0.05) is 17.7 Å². The van der Waals surface area contributed by atoms with Crippen molar-refractivity contribution in [1.29, 1.82) is 0 Å². The first-order chi connectivity index (χ1) is 11.4. The lowest BCUT2D eigenvalue weighted by Crippen LogP contribution is -2.45. The van der Waals surface area contributed by atoms with Gasteiger partial charge in [-0.2, -0.15) is 0 Å². The van der Waals surface area contributed by atoms with Gasteiger partial charge in [0.2, 0.25) is 5.91 Å². The van der Waals surface area contributed by atoms with Gasteiger partial charge in [-0.05, 0) is 44.2 Å². The van der Waals surface area contributed by atoms with Gasteiger partial charge in [-0.25, -0.2) is 0 Å². The van der Waals surface area contributed by atoms with Gasteiger partial charge in [0.15, 0.2) is 5.78 Å². The Morgan fingerprint density at radius 1 is 1.29 bits per heavy atom. The Kier molecular flexibility index (Phi) is 4.26. The minimum Gasteiger partial charge on any atom is -0.368 e. The Morgan fingerprint density at radius 2 is 2.00 bits per heavy atom. The minimum atomic E-state index is -0.528. The van der Waals surface area contributed by atoms with Gasteiger partial charge in [-0.3, -0.25) is 19.7 Å². The van der Waals surface area contributed by atoms with Crippen LogP contribution in [0.4, 0.5) is 11.4 Å². The van der Waals surface area contributed by atoms with Crippen molar-refractivity contribution in [1.82, 2.24) is 0 Å². The molecule has 0 aromatic heterocycles. The van der Waals surface area contributed by atoms with Crippen LogP contribution in [0, 0.1) is 16.0 Å². The number of carbonyl (C=O) groups is 2. The summed E-state index contributed by atoms with van der Waals surface area (Å²) in [5.74, 6) is -0.342. The second-order valence-electron chi connectivity index (χ2n) is 6.69. The number of carbonyl (C=O) groups excluding carboxylic acids is 2. The Balaban J connectivity index is 2.09. The number of anilines is 1. The largest absolute Gasteiger partial charge is 0.368 e. The molecule has 1 amide bonds. The molecule has 0 radical (unpaired) electrons. The molecule has 24 heavy (non-hydrogen) atoms. The third-order valence-electron chi connectivity index (χ3n) is 5.27. The molecule has 1 heterocycles. The van der Waals surface area contributed by atoms with E-state index in [2.05, 4.69) is 0 Å². The summed E-state index contributed by atoms with van der Waals surface area (Å²) in [6.45, 7) is 1.37. The van der Waals surface area contributed by atoms with Crippen LogP contribution < -0.4 is 10.6 Å². The summed E-state index contributed by atoms with van der Waals surface area (Å²) in [6, 6.07) is 4.03. The predicted octanol–water partition coefficient (Wildman–Crippen LogP) is 2.42. The van der Waals surface area contributed by atoms with Gasteiger partial charge >= 0.3 is 0 Å². The number of nitro groups is 1. The van der Waals surface area contributed by atoms with E-state index in [0.717, 1.165) is 25.7 Å². The van der Waals surface area contributed by atoms with Crippen molar-refractivity contribution in [3.8, 4) is 0 Å². The number of ketones is 1. The number of rotatable bonds is 4. The molecule has 2 N–H and O–H groups in total. The smallest absolute Gasteiger partial charge is 0.293 e. The maximum Gasteiger partial charge on any atom is 0.293 e. The van der Waals surface area contributed by atoms with E-state index in [4.69, 9.17) is 5.73 Å². The number of nitrogens with zero attached hydrogens (tertiary/aromatic N) is 2. The van der Waals surface area contributed by atoms with Crippen molar-refractivity contribution in [3.63, 3.8) is 0 Å². The highest BCUT2D eigenvalue weighted by Gasteiger charge is 2.46. The van der Waals surface area contributed by atoms with Crippen molar-refractivity contribution >= 4 is 23.1 Å². The molecule has 3 atom stereocenters. The molecule has 1 aliphatic heterocycles. The number of Topliss-reactive ketones (excluding diaryl/α,β-unsaturated/α-hetero) is 1. The zero-order valence-corrected chi connectivity index (χ0v) is 13.6. The summed E-state index contributed by atoms with van der Waals surface area (Å²) in [5.41, 5.74) is 6.12. The van der Waals surface area contributed by atoms with Crippen LogP contribution in [-0.2, 0) is 4.79 Å². The van der Waals surface area contributed by atoms with Crippen LogP contribution in [0.15, 0.2) is 18.2 Å². The van der Waals surface area contributed by atoms with Crippen LogP contribution in [0.25, 0.3) is 0 Å². The van der Waals surface area contributed by atoms with E-state index in [0.29, 0.717) is 23.6 Å². The molecule has 1 aromatic rings. The molecule has 1 aromatic carbocycles. The first-order valence-corrected chi connectivity index (χ1v) is 8.27. The fourth-order valence-corrected chi connectivity index (χ4v) is 4.17. The van der Waals surface area contributed by atoms with Crippen LogP contribution in [-0.4, -0.2) is 28.7 Å². The second kappa shape index (κ2) is 6.22. The van der Waals surface area contributed by atoms with E-state index in [1.807, 2.05) is 4.90 Å². The van der Waals surface area contributed by atoms with E-state index < -0.39 is 16.9 Å². The fourth-order valence-electron chi connectivity index (χ4n) is 4.17. The maximum absolute atomic E-state index is 11.9. The normalized spacial score (nSPS) is 26.0. The third kappa shape index (κ3) is 2.74. The minimum absolute atomic E-state index is 0.0955. The number of nitrogens with two attached hydrogens (primary N) is 1. The summed E-state index contributed by atoms with van der Waals surface area (Å²) in [7, 11) is 0. The summed E-state index contributed by atoms with van der Waals surface area (Å²) in [5, 5.41) is 11.5. The summed E-state index contributed by atoms with van der Waals surface area (Å²) in [6.07, 6.45) is 4.73. The monoisotopic (exact) mass is 331 g/mol. The molecule has 1 saturated heterocycles. The van der Waals surface area contributed by atoms with Crippen LogP contribution in [0.2, 0.25) is 0 Å². The van der Waals surface area contributed by atoms with E-state index in [1.54, 1.807) is 12.1 Å². The Labute approximate surface area is 140 Å². The van der Waals surface area contributed by atoms with Gasteiger partial charge < -0.3 is 10.6 Å². The van der Waals surface area contributed by atoms with Gasteiger partial charge in [-0.15, -0.1) is 0 Å². The summed E-state index contributed by atoms with van der Waals surface area (Å²) >= 11 is 0. The SMILES string of the molecule is CC(=O)c1ccc(N2[C@@H]3CCCC[C@H]3C[C@H]2C(N)=O)c([N+](=O)[O-])c1. The number of benzene rings is 1. The molecule has 0 bridgehead atoms. The lowest BCUT2D eigenvalue weighted by Gasteiger charge is -2.34. The molecule has 1 saturated carbocycles. The first-order valence-electron chi connectivity index (χ1n) is 8.27. The Bertz CT molecular complexity index is 703. The lowest BCUT2D eigenvalue weighted by atomic mass is 9.84. The highest BCUT2D eigenvalue weighted by molar-refractivity contribution is 5.96. The van der Waals surface area contributed by atoms with Crippen molar-refractivity contribution in [3.05, 3.63) is 33.9 Å². The van der Waals surface area contributed by atoms with Gasteiger partial charge in [0.1, 0.15) is 11.7 Å². The average Bonchev–Trinajstić information content (AvgIpc) is 2.93. The lowest BCUT2D eigenvalue weighted by molar-refractivity contribution is -0.384. The van der Waals surface area contributed by atoms with Crippen LogP contribution >= 0.6 is 0 Å². The highest BCUT2D eigenvalue weighted by Crippen LogP contribution is 2.45. The molecular weight excluding hydrogens is 310 g/mol. The van der Waals surface area contributed by atoms with Crippen LogP contribution in [0.5, 0.6) is 0 Å². The van der Waals surface area contributed by atoms with E-state index in [9.17, 15) is 19.7 Å². The molecule has 128 valence electrons. The van der Waals surface area contributed by atoms with Crippen molar-refractivity contribution in [2.75, 3.05) is 4.90 Å². The standard InChI is InChI=1S/C17H21N3O4/c1-10(21)11-6-7-14(15(8-11)20(23)24)19-13-5-3-2-4-12(13)9-16(19)17(18)22/h6-8,12-13,16H,2-5,9H2,1H3,(H2,18,22)/t12-,13+,16-/m0/s1. The van der Waals surface area contributed by atoms with Crippen LogP contribution in [0.1, 0.15) is 49.4 Å². The number of hydrogen-bond acceptors (Lipinski definition) is 5. The molecule has 3 rings (SSSR count). The zero-order valence-electron chi connectivity index (χ0n) is 13.6. The van der Waals surface area contributed by atoms with E-state index in [-0.39, 0.29) is 17.5 Å². The predicted molar refractivity (Wildman–Crippen MR) is 88.9 cm³/mol. The summed E-state index contributed by atoms with van der Waals surface area (Å²) in [4.78, 5) is 36.4. The third-order valence-corrected chi connectivity index (χ3v) is 5.27. The first kappa shape index (κ1) is 16.4. The number of hydrogen-bond donors (Lipinski definition) is 1. The maximum atomic E-state index is 11.9. The quantitative estimate of drug-likeness (QED) is 0.518. The average molecular weight is 331 g/mol. The topological polar surface area (TPSA) is 107 Å². The zero-order chi connectivity index (χ0) is 17.4. The van der Waals surface area contributed by atoms with Crippen molar-refractivity contribution < 1.29 is 14.5 Å². The Hall–Kier alpha value is -2.44. The molecule has 7 nitrogen and oxygen atoms in total. The molecule has 0 spiro atoms. The number of fused-ring (bicyclic) bond motifs is 1. The fraction of sp³-hybridized carbons (Fsp3) is 0.529. The molecule has 0 unspecified atom stereocenters. The van der Waals surface area contributed by atoms with E-state index in [1.165, 1.54) is 13.0 Å². The van der Waals surface area contributed by atoms with Gasteiger partial charge in [0.25, 0.3) is 5.69 Å². The van der Waals surface area contributed by atoms with Gasteiger partial charge in [0.05, 0.1) is 4.92 Å². The summed E-state index contributed by atoms with van der Waals surface area (Å²) < 4.78 is 0.